The van der Waals surface area contributed by atoms with Gasteiger partial charge in [0.2, 0.25) is 0 Å². The van der Waals surface area contributed by atoms with Crippen LogP contribution in [0.2, 0.25) is 0 Å². The highest BCUT2D eigenvalue weighted by molar-refractivity contribution is 5.74. The van der Waals surface area contributed by atoms with Crippen LogP contribution in [-0.2, 0) is 0 Å². The summed E-state index contributed by atoms with van der Waals surface area (Å²) in [6, 6.07) is 2.29. The molecular weight excluding hydrogens is 302 g/mol. The van der Waals surface area contributed by atoms with Crippen LogP contribution in [0, 0.1) is 11.6 Å². The van der Waals surface area contributed by atoms with Gasteiger partial charge in [-0.2, -0.15) is 0 Å². The topological polar surface area (TPSA) is 84.9 Å². The molecule has 0 spiro atoms. The Kier molecular flexibility index (Phi) is 2.83. The highest BCUT2D eigenvalue weighted by atomic mass is 19.1. The Hall–Kier alpha value is -3.29. The van der Waals surface area contributed by atoms with Crippen LogP contribution in [0.1, 0.15) is 0 Å². The molecule has 0 saturated carbocycles. The smallest absolute Gasteiger partial charge is 0.158 e. The Balaban J connectivity index is 1.90. The number of nitrogens with two attached hydrogens (primary N) is 1. The van der Waals surface area contributed by atoms with Crippen molar-refractivity contribution in [2.24, 2.45) is 0 Å². The van der Waals surface area contributed by atoms with Gasteiger partial charge in [0.1, 0.15) is 17.8 Å². The minimum atomic E-state index is -0.830. The van der Waals surface area contributed by atoms with E-state index in [2.05, 4.69) is 19.9 Å². The van der Waals surface area contributed by atoms with Gasteiger partial charge in [0.05, 0.1) is 28.7 Å². The molecule has 4 rings (SSSR count). The fraction of sp³-hybridized carbons (Fsp3) is 0. The van der Waals surface area contributed by atoms with E-state index in [4.69, 9.17) is 5.73 Å². The molecule has 3 heterocycles. The maximum absolute atomic E-state index is 14.1. The molecule has 0 saturated heterocycles. The maximum Gasteiger partial charge on any atom is 0.158 e. The van der Waals surface area contributed by atoms with Crippen molar-refractivity contribution in [3.8, 4) is 22.8 Å². The lowest BCUT2D eigenvalue weighted by atomic mass is 10.1. The summed E-state index contributed by atoms with van der Waals surface area (Å²) in [5.74, 6) is -0.971. The first kappa shape index (κ1) is 13.4. The number of rotatable bonds is 2. The Morgan fingerprint density at radius 2 is 2.00 bits per heavy atom. The molecule has 8 heteroatoms. The van der Waals surface area contributed by atoms with Crippen LogP contribution >= 0.6 is 0 Å². The van der Waals surface area contributed by atoms with Crippen LogP contribution in [0.5, 0.6) is 0 Å². The molecule has 0 amide bonds. The molecule has 0 radical (unpaired) electrons. The van der Waals surface area contributed by atoms with Crippen LogP contribution in [0.4, 0.5) is 14.5 Å². The first-order valence-electron chi connectivity index (χ1n) is 6.71. The van der Waals surface area contributed by atoms with Crippen LogP contribution < -0.4 is 5.73 Å². The lowest BCUT2D eigenvalue weighted by Crippen LogP contribution is -1.99. The van der Waals surface area contributed by atoms with Gasteiger partial charge in [-0.25, -0.2) is 18.7 Å². The summed E-state index contributed by atoms with van der Waals surface area (Å²) < 4.78 is 29.7. The van der Waals surface area contributed by atoms with Crippen LogP contribution in [0.3, 0.4) is 0 Å². The van der Waals surface area contributed by atoms with Crippen LogP contribution in [0.25, 0.3) is 28.3 Å². The van der Waals surface area contributed by atoms with E-state index in [0.717, 1.165) is 6.07 Å². The number of aromatic amines is 1. The zero-order valence-electron chi connectivity index (χ0n) is 11.7. The lowest BCUT2D eigenvalue weighted by Gasteiger charge is -2.07. The Labute approximate surface area is 128 Å². The monoisotopic (exact) mass is 312 g/mol. The summed E-state index contributed by atoms with van der Waals surface area (Å²) >= 11 is 0. The van der Waals surface area contributed by atoms with Gasteiger partial charge < -0.3 is 15.1 Å². The zero-order valence-corrected chi connectivity index (χ0v) is 11.7. The molecule has 6 nitrogen and oxygen atoms in total. The molecule has 114 valence electrons. The first-order valence-corrected chi connectivity index (χ1v) is 6.71. The highest BCUT2D eigenvalue weighted by Gasteiger charge is 2.17. The summed E-state index contributed by atoms with van der Waals surface area (Å²) in [6.07, 6.45) is 7.80. The van der Waals surface area contributed by atoms with Crippen molar-refractivity contribution in [1.29, 1.82) is 0 Å². The molecule has 0 fully saturated rings. The fourth-order valence-corrected chi connectivity index (χ4v) is 2.41. The number of imidazole rings is 2. The summed E-state index contributed by atoms with van der Waals surface area (Å²) in [7, 11) is 0. The molecule has 0 bridgehead atoms. The molecule has 3 aromatic heterocycles. The van der Waals surface area contributed by atoms with Gasteiger partial charge in [-0.15, -0.1) is 0 Å². The number of benzene rings is 1. The molecule has 0 aliphatic heterocycles. The van der Waals surface area contributed by atoms with Gasteiger partial charge in [-0.05, 0) is 12.1 Å². The van der Waals surface area contributed by atoms with E-state index >= 15 is 0 Å². The van der Waals surface area contributed by atoms with Crippen molar-refractivity contribution in [2.75, 3.05) is 5.73 Å². The molecule has 0 atom stereocenters. The second-order valence-electron chi connectivity index (χ2n) is 4.92. The van der Waals surface area contributed by atoms with E-state index in [1.54, 1.807) is 16.8 Å². The quantitative estimate of drug-likeness (QED) is 0.557. The van der Waals surface area contributed by atoms with Crippen molar-refractivity contribution in [1.82, 2.24) is 24.3 Å². The molecule has 0 aliphatic carbocycles. The number of halogens is 2. The molecule has 4 aromatic rings. The van der Waals surface area contributed by atoms with E-state index in [9.17, 15) is 8.78 Å². The summed E-state index contributed by atoms with van der Waals surface area (Å²) in [6.45, 7) is 0. The molecular formula is C15H10F2N6. The Bertz CT molecular complexity index is 1010. The number of aromatic nitrogens is 5. The van der Waals surface area contributed by atoms with Crippen LogP contribution in [-0.4, -0.2) is 24.3 Å². The van der Waals surface area contributed by atoms with Gasteiger partial charge in [0.15, 0.2) is 11.6 Å². The average molecular weight is 312 g/mol. The molecule has 1 aromatic carbocycles. The van der Waals surface area contributed by atoms with Gasteiger partial charge in [0.25, 0.3) is 0 Å². The van der Waals surface area contributed by atoms with Crippen molar-refractivity contribution in [3.05, 3.63) is 54.9 Å². The first-order chi connectivity index (χ1) is 11.1. The van der Waals surface area contributed by atoms with E-state index in [1.807, 2.05) is 0 Å². The second-order valence-corrected chi connectivity index (χ2v) is 4.92. The number of H-pyrrole nitrogens is 1. The van der Waals surface area contributed by atoms with Crippen molar-refractivity contribution >= 4 is 11.2 Å². The number of fused-ring (bicyclic) bond motifs is 1. The zero-order chi connectivity index (χ0) is 16.0. The van der Waals surface area contributed by atoms with Crippen molar-refractivity contribution < 1.29 is 8.78 Å². The number of nitrogens with one attached hydrogen (secondary N) is 1. The normalized spacial score (nSPS) is 11.2. The third kappa shape index (κ3) is 2.03. The third-order valence-corrected chi connectivity index (χ3v) is 3.52. The molecule has 0 aliphatic rings. The van der Waals surface area contributed by atoms with E-state index in [0.29, 0.717) is 17.0 Å². The summed E-state index contributed by atoms with van der Waals surface area (Å²) in [5.41, 5.74) is 6.50. The largest absolute Gasteiger partial charge is 0.396 e. The third-order valence-electron chi connectivity index (χ3n) is 3.52. The van der Waals surface area contributed by atoms with Gasteiger partial charge in [0, 0.05) is 18.6 Å². The number of anilines is 1. The highest BCUT2D eigenvalue weighted by Crippen LogP contribution is 2.29. The molecule has 23 heavy (non-hydrogen) atoms. The van der Waals surface area contributed by atoms with Crippen LogP contribution in [0.15, 0.2) is 43.2 Å². The Morgan fingerprint density at radius 3 is 2.78 bits per heavy atom. The fourth-order valence-electron chi connectivity index (χ4n) is 2.41. The lowest BCUT2D eigenvalue weighted by molar-refractivity contribution is 0.591. The number of hydrogen-bond donors (Lipinski definition) is 2. The summed E-state index contributed by atoms with van der Waals surface area (Å²) in [4.78, 5) is 15.5. The minimum absolute atomic E-state index is 0.128. The van der Waals surface area contributed by atoms with Gasteiger partial charge >= 0.3 is 0 Å². The maximum atomic E-state index is 14.1. The van der Waals surface area contributed by atoms with Gasteiger partial charge in [-0.1, -0.05) is 0 Å². The average Bonchev–Trinajstić information content (AvgIpc) is 3.19. The summed E-state index contributed by atoms with van der Waals surface area (Å²) in [5, 5.41) is 0. The predicted molar refractivity (Wildman–Crippen MR) is 80.3 cm³/mol. The standard InChI is InChI=1S/C15H10F2N6/c16-8-1-2-9(18)13(17)12(8)10-6-23-7-22-14(11(23)5-21-10)15-19-3-4-20-15/h1-7H,18H2,(H,19,20). The van der Waals surface area contributed by atoms with Crippen molar-refractivity contribution in [2.45, 2.75) is 0 Å². The SMILES string of the molecule is Nc1ccc(F)c(-c2cn3cnc(-c4ncc[nH]4)c3cn2)c1F. The Morgan fingerprint density at radius 1 is 1.13 bits per heavy atom. The number of hydrogen-bond acceptors (Lipinski definition) is 4. The second kappa shape index (κ2) is 4.87. The van der Waals surface area contributed by atoms with Crippen molar-refractivity contribution in [3.63, 3.8) is 0 Å². The molecule has 0 unspecified atom stereocenters. The molecule has 3 N–H and O–H groups in total. The van der Waals surface area contributed by atoms with Gasteiger partial charge in [-0.3, -0.25) is 4.98 Å². The predicted octanol–water partition coefficient (Wildman–Crippen LogP) is 2.65. The number of nitrogens with zero attached hydrogens (tertiary/aromatic N) is 4. The van der Waals surface area contributed by atoms with E-state index < -0.39 is 11.6 Å². The van der Waals surface area contributed by atoms with E-state index in [-0.39, 0.29) is 16.9 Å². The number of nitrogen functional groups attached to an aromatic ring is 1. The van der Waals surface area contributed by atoms with E-state index in [1.165, 1.54) is 24.8 Å². The minimum Gasteiger partial charge on any atom is -0.396 e.